The number of aromatic nitrogens is 2. The minimum atomic E-state index is 0.196. The van der Waals surface area contributed by atoms with E-state index in [-0.39, 0.29) is 12.0 Å². The fourth-order valence-corrected chi connectivity index (χ4v) is 1.61. The first-order valence-corrected chi connectivity index (χ1v) is 6.85. The molecule has 0 saturated carbocycles. The molecule has 0 radical (unpaired) electrons. The molecule has 114 valence electrons. The van der Waals surface area contributed by atoms with Crippen LogP contribution in [0.3, 0.4) is 0 Å². The molecule has 1 aromatic heterocycles. The van der Waals surface area contributed by atoms with Gasteiger partial charge in [-0.25, -0.2) is 0 Å². The monoisotopic (exact) mass is 283 g/mol. The number of nitrogens with zero attached hydrogens (tertiary/aromatic N) is 3. The van der Waals surface area contributed by atoms with Crippen LogP contribution in [0.1, 0.15) is 38.4 Å². The van der Waals surface area contributed by atoms with Gasteiger partial charge in [-0.2, -0.15) is 4.98 Å². The molecule has 0 aromatic carbocycles. The summed E-state index contributed by atoms with van der Waals surface area (Å²) in [6, 6.07) is 0.196. The number of nitrogens with one attached hydrogen (secondary N) is 2. The summed E-state index contributed by atoms with van der Waals surface area (Å²) in [5.41, 5.74) is 0. The first-order valence-electron chi connectivity index (χ1n) is 6.85. The Morgan fingerprint density at radius 3 is 2.70 bits per heavy atom. The first-order chi connectivity index (χ1) is 9.56. The van der Waals surface area contributed by atoms with Crippen LogP contribution in [0.25, 0.3) is 0 Å². The molecule has 1 aromatic rings. The highest BCUT2D eigenvalue weighted by atomic mass is 16.5. The molecule has 1 atom stereocenters. The van der Waals surface area contributed by atoms with Gasteiger partial charge >= 0.3 is 0 Å². The second kappa shape index (κ2) is 8.52. The van der Waals surface area contributed by atoms with E-state index in [9.17, 15) is 0 Å². The van der Waals surface area contributed by atoms with Crippen molar-refractivity contribution in [2.24, 2.45) is 4.99 Å². The van der Waals surface area contributed by atoms with Crippen LogP contribution >= 0.6 is 0 Å². The first kappa shape index (κ1) is 16.4. The van der Waals surface area contributed by atoms with Crippen molar-refractivity contribution < 1.29 is 9.26 Å². The number of guanidine groups is 1. The van der Waals surface area contributed by atoms with Gasteiger partial charge in [-0.15, -0.1) is 0 Å². The van der Waals surface area contributed by atoms with Gasteiger partial charge in [0.05, 0.1) is 6.61 Å². The van der Waals surface area contributed by atoms with E-state index in [2.05, 4.69) is 25.8 Å². The van der Waals surface area contributed by atoms with Crippen LogP contribution in [0.15, 0.2) is 9.52 Å². The standard InChI is InChI=1S/C13H25N5O2/c1-9(2)12-17-11(20-18-12)6-7-15-13(14-4)16-10(3)8-19-5/h9-10H,6-8H2,1-5H3,(H2,14,15,16). The Bertz CT molecular complexity index is 417. The van der Waals surface area contributed by atoms with Gasteiger partial charge in [-0.3, -0.25) is 4.99 Å². The summed E-state index contributed by atoms with van der Waals surface area (Å²) < 4.78 is 10.2. The summed E-state index contributed by atoms with van der Waals surface area (Å²) in [5, 5.41) is 10.4. The fraction of sp³-hybridized carbons (Fsp3) is 0.769. The molecule has 1 unspecified atom stereocenters. The highest BCUT2D eigenvalue weighted by molar-refractivity contribution is 5.79. The average Bonchev–Trinajstić information content (AvgIpc) is 2.87. The number of methoxy groups -OCH3 is 1. The van der Waals surface area contributed by atoms with Crippen LogP contribution < -0.4 is 10.6 Å². The van der Waals surface area contributed by atoms with Gasteiger partial charge in [-0.05, 0) is 6.92 Å². The van der Waals surface area contributed by atoms with Gasteiger partial charge in [0.1, 0.15) is 0 Å². The Balaban J connectivity index is 2.34. The highest BCUT2D eigenvalue weighted by Crippen LogP contribution is 2.09. The van der Waals surface area contributed by atoms with Crippen LogP contribution in [0.5, 0.6) is 0 Å². The zero-order valence-corrected chi connectivity index (χ0v) is 12.9. The maximum absolute atomic E-state index is 5.18. The minimum Gasteiger partial charge on any atom is -0.383 e. The Morgan fingerprint density at radius 1 is 1.40 bits per heavy atom. The Morgan fingerprint density at radius 2 is 2.15 bits per heavy atom. The van der Waals surface area contributed by atoms with E-state index in [1.807, 2.05) is 20.8 Å². The Labute approximate surface area is 120 Å². The third kappa shape index (κ3) is 5.56. The molecule has 0 amide bonds. The summed E-state index contributed by atoms with van der Waals surface area (Å²) in [7, 11) is 3.41. The SMILES string of the molecule is CN=C(NCCc1nc(C(C)C)no1)NC(C)COC. The van der Waals surface area contributed by atoms with Crippen molar-refractivity contribution in [2.75, 3.05) is 27.3 Å². The van der Waals surface area contributed by atoms with Crippen molar-refractivity contribution in [3.8, 4) is 0 Å². The molecule has 0 saturated heterocycles. The third-order valence-corrected chi connectivity index (χ3v) is 2.65. The smallest absolute Gasteiger partial charge is 0.228 e. The van der Waals surface area contributed by atoms with Crippen molar-refractivity contribution in [3.63, 3.8) is 0 Å². The second-order valence-electron chi connectivity index (χ2n) is 4.95. The largest absolute Gasteiger partial charge is 0.383 e. The minimum absolute atomic E-state index is 0.196. The van der Waals surface area contributed by atoms with Crippen molar-refractivity contribution in [1.29, 1.82) is 0 Å². The summed E-state index contributed by atoms with van der Waals surface area (Å²) in [6.45, 7) is 7.41. The lowest BCUT2D eigenvalue weighted by molar-refractivity contribution is 0.179. The van der Waals surface area contributed by atoms with E-state index >= 15 is 0 Å². The van der Waals surface area contributed by atoms with Crippen molar-refractivity contribution in [3.05, 3.63) is 11.7 Å². The molecular weight excluding hydrogens is 258 g/mol. The Kier molecular flexibility index (Phi) is 7.00. The molecule has 1 heterocycles. The second-order valence-corrected chi connectivity index (χ2v) is 4.95. The zero-order valence-electron chi connectivity index (χ0n) is 12.9. The molecular formula is C13H25N5O2. The zero-order chi connectivity index (χ0) is 15.0. The van der Waals surface area contributed by atoms with Gasteiger partial charge in [0.15, 0.2) is 11.8 Å². The molecule has 2 N–H and O–H groups in total. The van der Waals surface area contributed by atoms with E-state index in [0.717, 1.165) is 11.8 Å². The van der Waals surface area contributed by atoms with E-state index in [4.69, 9.17) is 9.26 Å². The predicted octanol–water partition coefficient (Wildman–Crippen LogP) is 0.935. The maximum atomic E-state index is 5.18. The van der Waals surface area contributed by atoms with Crippen LogP contribution in [0.2, 0.25) is 0 Å². The average molecular weight is 283 g/mol. The van der Waals surface area contributed by atoms with Gasteiger partial charge in [0.2, 0.25) is 5.89 Å². The maximum Gasteiger partial charge on any atom is 0.228 e. The summed E-state index contributed by atoms with van der Waals surface area (Å²) >= 11 is 0. The lowest BCUT2D eigenvalue weighted by Crippen LogP contribution is -2.44. The Hall–Kier alpha value is -1.63. The van der Waals surface area contributed by atoms with Gasteiger partial charge < -0.3 is 19.9 Å². The number of ether oxygens (including phenoxy) is 1. The number of rotatable bonds is 7. The van der Waals surface area contributed by atoms with E-state index in [1.165, 1.54) is 0 Å². The van der Waals surface area contributed by atoms with Crippen LogP contribution in [-0.4, -0.2) is 49.5 Å². The third-order valence-electron chi connectivity index (χ3n) is 2.65. The topological polar surface area (TPSA) is 84.6 Å². The number of hydrogen-bond donors (Lipinski definition) is 2. The molecule has 0 spiro atoms. The lowest BCUT2D eigenvalue weighted by atomic mass is 10.2. The molecule has 7 nitrogen and oxygen atoms in total. The molecule has 1 rings (SSSR count). The molecule has 7 heteroatoms. The van der Waals surface area contributed by atoms with Crippen LogP contribution in [0.4, 0.5) is 0 Å². The van der Waals surface area contributed by atoms with E-state index in [0.29, 0.717) is 25.5 Å². The molecule has 0 aliphatic heterocycles. The fourth-order valence-electron chi connectivity index (χ4n) is 1.61. The molecule has 0 fully saturated rings. The van der Waals surface area contributed by atoms with Crippen LogP contribution in [-0.2, 0) is 11.2 Å². The van der Waals surface area contributed by atoms with Gasteiger partial charge in [0, 0.05) is 39.1 Å². The number of aliphatic imine (C=N–C) groups is 1. The van der Waals surface area contributed by atoms with Gasteiger partial charge in [-0.1, -0.05) is 19.0 Å². The van der Waals surface area contributed by atoms with Crippen molar-refractivity contribution >= 4 is 5.96 Å². The molecule has 0 aliphatic rings. The van der Waals surface area contributed by atoms with Gasteiger partial charge in [0.25, 0.3) is 0 Å². The quantitative estimate of drug-likeness (QED) is 0.572. The van der Waals surface area contributed by atoms with E-state index in [1.54, 1.807) is 14.2 Å². The molecule has 0 bridgehead atoms. The van der Waals surface area contributed by atoms with Crippen LogP contribution in [0, 0.1) is 0 Å². The molecule has 0 aliphatic carbocycles. The summed E-state index contributed by atoms with van der Waals surface area (Å²) in [5.74, 6) is 2.40. The molecule has 20 heavy (non-hydrogen) atoms. The van der Waals surface area contributed by atoms with Crippen molar-refractivity contribution in [1.82, 2.24) is 20.8 Å². The lowest BCUT2D eigenvalue weighted by Gasteiger charge is -2.16. The summed E-state index contributed by atoms with van der Waals surface area (Å²) in [6.07, 6.45) is 0.666. The highest BCUT2D eigenvalue weighted by Gasteiger charge is 2.10. The predicted molar refractivity (Wildman–Crippen MR) is 77.9 cm³/mol. The summed E-state index contributed by atoms with van der Waals surface area (Å²) in [4.78, 5) is 8.47. The normalized spacial score (nSPS) is 13.6. The number of hydrogen-bond acceptors (Lipinski definition) is 5. The van der Waals surface area contributed by atoms with Crippen molar-refractivity contribution in [2.45, 2.75) is 39.2 Å². The van der Waals surface area contributed by atoms with E-state index < -0.39 is 0 Å².